The van der Waals surface area contributed by atoms with Crippen LogP contribution in [0.15, 0.2) is 53.4 Å². The fourth-order valence-electron chi connectivity index (χ4n) is 3.47. The van der Waals surface area contributed by atoms with E-state index in [0.717, 1.165) is 29.7 Å². The third-order valence-corrected chi connectivity index (χ3v) is 7.27. The summed E-state index contributed by atoms with van der Waals surface area (Å²) in [4.78, 5) is 11.8. The van der Waals surface area contributed by atoms with E-state index in [2.05, 4.69) is 12.2 Å². The van der Waals surface area contributed by atoms with Crippen LogP contribution < -0.4 is 10.2 Å². The summed E-state index contributed by atoms with van der Waals surface area (Å²) in [5.41, 5.74) is 0.873. The number of halogens is 1. The number of piperazine rings is 1. The first-order valence-corrected chi connectivity index (χ1v) is 11.8. The van der Waals surface area contributed by atoms with Crippen molar-refractivity contribution in [3.05, 3.63) is 53.6 Å². The van der Waals surface area contributed by atoms with Crippen molar-refractivity contribution in [2.75, 3.05) is 42.9 Å². The van der Waals surface area contributed by atoms with Crippen molar-refractivity contribution in [2.24, 2.45) is 0 Å². The number of aromatic nitrogens is 2. The summed E-state index contributed by atoms with van der Waals surface area (Å²) in [7, 11) is -3.54. The van der Waals surface area contributed by atoms with E-state index in [1.807, 2.05) is 29.2 Å². The third-order valence-electron chi connectivity index (χ3n) is 5.11. The smallest absolute Gasteiger partial charge is 0.243 e. The molecule has 1 N–H and O–H groups in total. The second kappa shape index (κ2) is 8.75. The van der Waals surface area contributed by atoms with Gasteiger partial charge in [0.15, 0.2) is 0 Å². The summed E-state index contributed by atoms with van der Waals surface area (Å²) in [6.45, 7) is 4.74. The van der Waals surface area contributed by atoms with Gasteiger partial charge in [-0.05, 0) is 42.8 Å². The highest BCUT2D eigenvalue weighted by atomic mass is 35.5. The molecule has 1 aromatic heterocycles. The Morgan fingerprint density at radius 3 is 2.40 bits per heavy atom. The van der Waals surface area contributed by atoms with Gasteiger partial charge >= 0.3 is 0 Å². The van der Waals surface area contributed by atoms with Gasteiger partial charge in [0.2, 0.25) is 16.0 Å². The fourth-order valence-corrected chi connectivity index (χ4v) is 5.02. The molecule has 7 nitrogen and oxygen atoms in total. The van der Waals surface area contributed by atoms with Crippen LogP contribution >= 0.6 is 11.6 Å². The highest BCUT2D eigenvalue weighted by molar-refractivity contribution is 7.89. The molecule has 0 bridgehead atoms. The predicted molar refractivity (Wildman–Crippen MR) is 121 cm³/mol. The lowest BCUT2D eigenvalue weighted by molar-refractivity contribution is 0.382. The normalized spacial score (nSPS) is 15.5. The molecule has 9 heteroatoms. The first kappa shape index (κ1) is 20.8. The molecular formula is C21H24ClN5O2S. The molecule has 158 valence electrons. The van der Waals surface area contributed by atoms with E-state index in [9.17, 15) is 8.42 Å². The van der Waals surface area contributed by atoms with Gasteiger partial charge in [0.25, 0.3) is 0 Å². The Kier molecular flexibility index (Phi) is 6.08. The average molecular weight is 446 g/mol. The zero-order valence-electron chi connectivity index (χ0n) is 16.8. The molecule has 0 atom stereocenters. The minimum atomic E-state index is -3.54. The lowest BCUT2D eigenvalue weighted by Crippen LogP contribution is -2.49. The van der Waals surface area contributed by atoms with Crippen molar-refractivity contribution in [3.63, 3.8) is 0 Å². The summed E-state index contributed by atoms with van der Waals surface area (Å²) in [5, 5.41) is 4.88. The molecule has 0 saturated carbocycles. The number of anilines is 2. The first-order valence-electron chi connectivity index (χ1n) is 10.0. The Labute approximate surface area is 181 Å². The summed E-state index contributed by atoms with van der Waals surface area (Å²) >= 11 is 5.89. The minimum Gasteiger partial charge on any atom is -0.369 e. The van der Waals surface area contributed by atoms with Gasteiger partial charge < -0.3 is 10.2 Å². The number of para-hydroxylation sites is 1. The van der Waals surface area contributed by atoms with Gasteiger partial charge in [0.05, 0.1) is 10.4 Å². The predicted octanol–water partition coefficient (Wildman–Crippen LogP) is 3.62. The number of rotatable bonds is 6. The van der Waals surface area contributed by atoms with E-state index in [4.69, 9.17) is 21.6 Å². The first-order chi connectivity index (χ1) is 14.5. The maximum Gasteiger partial charge on any atom is 0.243 e. The van der Waals surface area contributed by atoms with Crippen molar-refractivity contribution in [3.8, 4) is 0 Å². The average Bonchev–Trinajstić information content (AvgIpc) is 2.77. The highest BCUT2D eigenvalue weighted by Gasteiger charge is 2.29. The second-order valence-electron chi connectivity index (χ2n) is 7.16. The van der Waals surface area contributed by atoms with Crippen LogP contribution in [0, 0.1) is 0 Å². The maximum absolute atomic E-state index is 12.9. The molecule has 0 aliphatic carbocycles. The molecule has 0 unspecified atom stereocenters. The summed E-state index contributed by atoms with van der Waals surface area (Å²) in [6.07, 6.45) is 0.995. The summed E-state index contributed by atoms with van der Waals surface area (Å²) < 4.78 is 27.3. The molecule has 2 aromatic carbocycles. The minimum absolute atomic E-state index is 0.258. The molecular weight excluding hydrogens is 422 g/mol. The van der Waals surface area contributed by atoms with E-state index in [0.29, 0.717) is 37.1 Å². The summed E-state index contributed by atoms with van der Waals surface area (Å²) in [6, 6.07) is 14.2. The van der Waals surface area contributed by atoms with E-state index < -0.39 is 10.0 Å². The van der Waals surface area contributed by atoms with Crippen LogP contribution in [0.4, 0.5) is 11.8 Å². The molecule has 30 heavy (non-hydrogen) atoms. The lowest BCUT2D eigenvalue weighted by Gasteiger charge is -2.34. The number of fused-ring (bicyclic) bond motifs is 1. The SMILES string of the molecule is CCCNc1nc(N2CCN(S(=O)(=O)c3ccc(Cl)cc3)CC2)nc2ccccc12. The van der Waals surface area contributed by atoms with Gasteiger partial charge in [-0.15, -0.1) is 0 Å². The third kappa shape index (κ3) is 4.21. The van der Waals surface area contributed by atoms with Crippen LogP contribution in [-0.2, 0) is 10.0 Å². The van der Waals surface area contributed by atoms with Crippen molar-refractivity contribution < 1.29 is 8.42 Å². The number of sulfonamides is 1. The van der Waals surface area contributed by atoms with Gasteiger partial charge in [-0.25, -0.2) is 13.4 Å². The zero-order chi connectivity index (χ0) is 21.1. The number of nitrogens with one attached hydrogen (secondary N) is 1. The van der Waals surface area contributed by atoms with Gasteiger partial charge in [-0.2, -0.15) is 9.29 Å². The maximum atomic E-state index is 12.9. The number of hydrogen-bond donors (Lipinski definition) is 1. The van der Waals surface area contributed by atoms with E-state index in [1.165, 1.54) is 4.31 Å². The molecule has 1 aliphatic heterocycles. The Bertz CT molecular complexity index is 1130. The van der Waals surface area contributed by atoms with Crippen LogP contribution in [0.2, 0.25) is 5.02 Å². The number of nitrogens with zero attached hydrogens (tertiary/aromatic N) is 4. The lowest BCUT2D eigenvalue weighted by atomic mass is 10.2. The molecule has 4 rings (SSSR count). The molecule has 0 spiro atoms. The van der Waals surface area contributed by atoms with E-state index in [1.54, 1.807) is 24.3 Å². The van der Waals surface area contributed by atoms with Gasteiger partial charge in [0, 0.05) is 43.1 Å². The Hall–Kier alpha value is -2.42. The molecule has 1 aliphatic rings. The number of benzene rings is 2. The summed E-state index contributed by atoms with van der Waals surface area (Å²) in [5.74, 6) is 1.43. The Balaban J connectivity index is 1.54. The molecule has 0 radical (unpaired) electrons. The molecule has 0 amide bonds. The van der Waals surface area contributed by atoms with Gasteiger partial charge in [0.1, 0.15) is 5.82 Å². The quantitative estimate of drug-likeness (QED) is 0.624. The van der Waals surface area contributed by atoms with E-state index >= 15 is 0 Å². The Morgan fingerprint density at radius 2 is 1.70 bits per heavy atom. The Morgan fingerprint density at radius 1 is 1.00 bits per heavy atom. The van der Waals surface area contributed by atoms with Gasteiger partial charge in [-0.3, -0.25) is 0 Å². The second-order valence-corrected chi connectivity index (χ2v) is 9.54. The monoisotopic (exact) mass is 445 g/mol. The molecule has 2 heterocycles. The van der Waals surface area contributed by atoms with Crippen LogP contribution in [-0.4, -0.2) is 55.4 Å². The molecule has 1 saturated heterocycles. The number of hydrogen-bond acceptors (Lipinski definition) is 6. The standard InChI is InChI=1S/C21H24ClN5O2S/c1-2-11-23-20-18-5-3-4-6-19(18)24-21(25-20)26-12-14-27(15-13-26)30(28,29)17-9-7-16(22)8-10-17/h3-10H,2,11-15H2,1H3,(H,23,24,25). The topological polar surface area (TPSA) is 78.4 Å². The van der Waals surface area contributed by atoms with Crippen LogP contribution in [0.3, 0.4) is 0 Å². The van der Waals surface area contributed by atoms with Crippen molar-refractivity contribution >= 4 is 44.3 Å². The molecule has 3 aromatic rings. The van der Waals surface area contributed by atoms with Crippen molar-refractivity contribution in [1.29, 1.82) is 0 Å². The zero-order valence-corrected chi connectivity index (χ0v) is 18.3. The van der Waals surface area contributed by atoms with E-state index in [-0.39, 0.29) is 4.90 Å². The van der Waals surface area contributed by atoms with Crippen molar-refractivity contribution in [1.82, 2.24) is 14.3 Å². The fraction of sp³-hybridized carbons (Fsp3) is 0.333. The van der Waals surface area contributed by atoms with Gasteiger partial charge in [-0.1, -0.05) is 30.7 Å². The van der Waals surface area contributed by atoms with Crippen LogP contribution in [0.25, 0.3) is 10.9 Å². The highest BCUT2D eigenvalue weighted by Crippen LogP contribution is 2.25. The molecule has 1 fully saturated rings. The largest absolute Gasteiger partial charge is 0.369 e. The van der Waals surface area contributed by atoms with Crippen LogP contribution in [0.5, 0.6) is 0 Å². The van der Waals surface area contributed by atoms with Crippen molar-refractivity contribution in [2.45, 2.75) is 18.2 Å². The van der Waals surface area contributed by atoms with Crippen LogP contribution in [0.1, 0.15) is 13.3 Å².